The summed E-state index contributed by atoms with van der Waals surface area (Å²) in [7, 11) is 0. The molecule has 0 radical (unpaired) electrons. The predicted molar refractivity (Wildman–Crippen MR) is 106 cm³/mol. The first-order chi connectivity index (χ1) is 13.6. The number of aromatic nitrogens is 1. The van der Waals surface area contributed by atoms with Crippen LogP contribution in [0.5, 0.6) is 0 Å². The number of hydrogen-bond acceptors (Lipinski definition) is 5. The Labute approximate surface area is 172 Å². The third-order valence-corrected chi connectivity index (χ3v) is 5.27. The number of amides is 2. The van der Waals surface area contributed by atoms with Crippen molar-refractivity contribution in [3.63, 3.8) is 0 Å². The molecule has 4 rings (SSSR count). The van der Waals surface area contributed by atoms with E-state index in [2.05, 4.69) is 4.98 Å². The molecule has 0 aliphatic carbocycles. The molecule has 0 bridgehead atoms. The fourth-order valence-corrected chi connectivity index (χ4v) is 3.88. The van der Waals surface area contributed by atoms with Crippen LogP contribution in [0.4, 0.5) is 0 Å². The molecule has 28 heavy (non-hydrogen) atoms. The topological polar surface area (TPSA) is 62.7 Å². The second kappa shape index (κ2) is 7.91. The zero-order chi connectivity index (χ0) is 19.7. The lowest BCUT2D eigenvalue weighted by Gasteiger charge is -2.29. The van der Waals surface area contributed by atoms with E-state index in [4.69, 9.17) is 27.9 Å². The first-order valence-electron chi connectivity index (χ1n) is 8.85. The van der Waals surface area contributed by atoms with Crippen LogP contribution in [0.15, 0.2) is 48.3 Å². The monoisotopic (exact) mass is 417 g/mol. The lowest BCUT2D eigenvalue weighted by molar-refractivity contribution is -0.138. The molecule has 0 saturated carbocycles. The van der Waals surface area contributed by atoms with E-state index in [1.165, 1.54) is 4.90 Å². The van der Waals surface area contributed by atoms with E-state index in [0.717, 1.165) is 0 Å². The van der Waals surface area contributed by atoms with Gasteiger partial charge in [0.25, 0.3) is 11.8 Å². The quantitative estimate of drug-likeness (QED) is 0.715. The number of rotatable bonds is 4. The molecule has 144 valence electrons. The molecule has 3 heterocycles. The number of halogens is 2. The molecule has 2 amide bonds. The van der Waals surface area contributed by atoms with E-state index >= 15 is 0 Å². The summed E-state index contributed by atoms with van der Waals surface area (Å²) in [5, 5.41) is 0.790. The highest BCUT2D eigenvalue weighted by Crippen LogP contribution is 2.36. The zero-order valence-electron chi connectivity index (χ0n) is 14.9. The lowest BCUT2D eigenvalue weighted by atomic mass is 10.0. The van der Waals surface area contributed by atoms with Gasteiger partial charge in [0.1, 0.15) is 5.70 Å². The molecule has 6 nitrogen and oxygen atoms in total. The van der Waals surface area contributed by atoms with E-state index in [9.17, 15) is 9.59 Å². The van der Waals surface area contributed by atoms with Crippen molar-refractivity contribution in [2.75, 3.05) is 26.3 Å². The standard InChI is InChI=1S/C20H17Cl2N3O3/c21-13-4-5-15(16(22)11-13)17-18(24-7-9-28-10-8-24)20(27)25(19(17)26)12-14-3-1-2-6-23-14/h1-6,11H,7-10,12H2. The van der Waals surface area contributed by atoms with Crippen molar-refractivity contribution in [2.45, 2.75) is 6.54 Å². The summed E-state index contributed by atoms with van der Waals surface area (Å²) in [6, 6.07) is 10.3. The van der Waals surface area contributed by atoms with Gasteiger partial charge in [-0.05, 0) is 24.3 Å². The molecule has 1 saturated heterocycles. The Kier molecular flexibility index (Phi) is 5.35. The molecule has 2 aliphatic rings. The summed E-state index contributed by atoms with van der Waals surface area (Å²) in [5.74, 6) is -0.736. The molecule has 0 N–H and O–H groups in total. The summed E-state index contributed by atoms with van der Waals surface area (Å²) in [6.07, 6.45) is 1.63. The predicted octanol–water partition coefficient (Wildman–Crippen LogP) is 3.00. The van der Waals surface area contributed by atoms with Gasteiger partial charge in [-0.3, -0.25) is 19.5 Å². The molecular weight excluding hydrogens is 401 g/mol. The Morgan fingerprint density at radius 2 is 1.82 bits per heavy atom. The number of nitrogens with zero attached hydrogens (tertiary/aromatic N) is 3. The Bertz CT molecular complexity index is 956. The van der Waals surface area contributed by atoms with Crippen LogP contribution in [-0.2, 0) is 20.9 Å². The third kappa shape index (κ3) is 3.51. The van der Waals surface area contributed by atoms with Crippen molar-refractivity contribution >= 4 is 40.6 Å². The Morgan fingerprint density at radius 3 is 2.50 bits per heavy atom. The van der Waals surface area contributed by atoms with Crippen molar-refractivity contribution in [3.8, 4) is 0 Å². The van der Waals surface area contributed by atoms with Gasteiger partial charge in [0.05, 0.1) is 36.0 Å². The second-order valence-corrected chi connectivity index (χ2v) is 7.31. The van der Waals surface area contributed by atoms with Gasteiger partial charge >= 0.3 is 0 Å². The minimum absolute atomic E-state index is 0.0983. The number of carbonyl (C=O) groups excluding carboxylic acids is 2. The van der Waals surface area contributed by atoms with E-state index < -0.39 is 0 Å². The summed E-state index contributed by atoms with van der Waals surface area (Å²) in [4.78, 5) is 33.9. The van der Waals surface area contributed by atoms with Crippen LogP contribution in [0.25, 0.3) is 5.57 Å². The Morgan fingerprint density at radius 1 is 1.04 bits per heavy atom. The van der Waals surface area contributed by atoms with E-state index in [-0.39, 0.29) is 18.4 Å². The molecule has 2 aromatic rings. The first-order valence-corrected chi connectivity index (χ1v) is 9.60. The number of carbonyl (C=O) groups is 2. The van der Waals surface area contributed by atoms with Gasteiger partial charge in [-0.2, -0.15) is 0 Å². The molecule has 2 aliphatic heterocycles. The number of imide groups is 1. The molecule has 0 spiro atoms. The highest BCUT2D eigenvalue weighted by atomic mass is 35.5. The van der Waals surface area contributed by atoms with Gasteiger partial charge in [0.2, 0.25) is 0 Å². The normalized spacial score (nSPS) is 17.6. The number of morpholine rings is 1. The molecule has 8 heteroatoms. The van der Waals surface area contributed by atoms with Crippen LogP contribution in [0.3, 0.4) is 0 Å². The van der Waals surface area contributed by atoms with Crippen molar-refractivity contribution in [1.29, 1.82) is 0 Å². The van der Waals surface area contributed by atoms with Gasteiger partial charge in [-0.1, -0.05) is 35.3 Å². The largest absolute Gasteiger partial charge is 0.378 e. The molecule has 1 fully saturated rings. The smallest absolute Gasteiger partial charge is 0.278 e. The molecule has 0 atom stereocenters. The van der Waals surface area contributed by atoms with Crippen LogP contribution in [-0.4, -0.2) is 52.9 Å². The Balaban J connectivity index is 1.78. The van der Waals surface area contributed by atoms with Crippen LogP contribution in [0.2, 0.25) is 10.0 Å². The van der Waals surface area contributed by atoms with Crippen LogP contribution in [0.1, 0.15) is 11.3 Å². The minimum Gasteiger partial charge on any atom is -0.378 e. The summed E-state index contributed by atoms with van der Waals surface area (Å²) < 4.78 is 5.40. The lowest BCUT2D eigenvalue weighted by Crippen LogP contribution is -2.40. The maximum absolute atomic E-state index is 13.3. The highest BCUT2D eigenvalue weighted by Gasteiger charge is 2.42. The van der Waals surface area contributed by atoms with Gasteiger partial charge in [0, 0.05) is 29.9 Å². The number of hydrogen-bond donors (Lipinski definition) is 0. The van der Waals surface area contributed by atoms with Crippen molar-refractivity contribution in [1.82, 2.24) is 14.8 Å². The van der Waals surface area contributed by atoms with Gasteiger partial charge in [-0.15, -0.1) is 0 Å². The Hall–Kier alpha value is -2.41. The van der Waals surface area contributed by atoms with Crippen molar-refractivity contribution in [2.24, 2.45) is 0 Å². The first kappa shape index (κ1) is 18.9. The van der Waals surface area contributed by atoms with Crippen molar-refractivity contribution < 1.29 is 14.3 Å². The number of benzene rings is 1. The fraction of sp³-hybridized carbons (Fsp3) is 0.250. The van der Waals surface area contributed by atoms with E-state index in [1.54, 1.807) is 36.5 Å². The molecule has 1 aromatic heterocycles. The minimum atomic E-state index is -0.388. The summed E-state index contributed by atoms with van der Waals surface area (Å²) in [5.41, 5.74) is 1.78. The summed E-state index contributed by atoms with van der Waals surface area (Å²) in [6.45, 7) is 2.14. The maximum atomic E-state index is 13.3. The third-order valence-electron chi connectivity index (χ3n) is 4.72. The van der Waals surface area contributed by atoms with E-state index in [1.807, 2.05) is 11.0 Å². The molecule has 1 aromatic carbocycles. The maximum Gasteiger partial charge on any atom is 0.278 e. The van der Waals surface area contributed by atoms with Crippen molar-refractivity contribution in [3.05, 3.63) is 69.6 Å². The van der Waals surface area contributed by atoms with Crippen LogP contribution in [0, 0.1) is 0 Å². The van der Waals surface area contributed by atoms with Gasteiger partial charge in [-0.25, -0.2) is 0 Å². The summed E-state index contributed by atoms with van der Waals surface area (Å²) >= 11 is 12.4. The fourth-order valence-electron chi connectivity index (χ4n) is 3.38. The number of pyridine rings is 1. The molecular formula is C20H17Cl2N3O3. The zero-order valence-corrected chi connectivity index (χ0v) is 16.4. The van der Waals surface area contributed by atoms with Gasteiger partial charge in [0.15, 0.2) is 0 Å². The SMILES string of the molecule is O=C1C(c2ccc(Cl)cc2Cl)=C(N2CCOCC2)C(=O)N1Cc1ccccn1. The highest BCUT2D eigenvalue weighted by molar-refractivity contribution is 6.41. The second-order valence-electron chi connectivity index (χ2n) is 6.46. The van der Waals surface area contributed by atoms with Gasteiger partial charge < -0.3 is 9.64 Å². The average Bonchev–Trinajstić information content (AvgIpc) is 2.94. The van der Waals surface area contributed by atoms with Crippen LogP contribution < -0.4 is 0 Å². The van der Waals surface area contributed by atoms with Crippen LogP contribution >= 0.6 is 23.2 Å². The molecule has 0 unspecified atom stereocenters. The average molecular weight is 418 g/mol. The van der Waals surface area contributed by atoms with E-state index in [0.29, 0.717) is 58.9 Å². The number of ether oxygens (including phenoxy) is 1.